The highest BCUT2D eigenvalue weighted by Gasteiger charge is 2.32. The fourth-order valence-electron chi connectivity index (χ4n) is 3.94. The monoisotopic (exact) mass is 288 g/mol. The van der Waals surface area contributed by atoms with Crippen molar-refractivity contribution < 1.29 is 4.74 Å². The molecule has 1 aliphatic heterocycles. The summed E-state index contributed by atoms with van der Waals surface area (Å²) in [6, 6.07) is 9.57. The van der Waals surface area contributed by atoms with Crippen molar-refractivity contribution in [3.8, 4) is 5.75 Å². The molecular weight excluding hydrogens is 260 g/mol. The van der Waals surface area contributed by atoms with Gasteiger partial charge >= 0.3 is 0 Å². The van der Waals surface area contributed by atoms with Crippen molar-refractivity contribution in [3.63, 3.8) is 0 Å². The van der Waals surface area contributed by atoms with Crippen LogP contribution in [0.2, 0.25) is 0 Å². The molecule has 0 spiro atoms. The van der Waals surface area contributed by atoms with Crippen molar-refractivity contribution >= 4 is 5.69 Å². The lowest BCUT2D eigenvalue weighted by atomic mass is 9.82. The number of methoxy groups -OCH3 is 1. The van der Waals surface area contributed by atoms with E-state index in [2.05, 4.69) is 35.3 Å². The zero-order valence-corrected chi connectivity index (χ0v) is 13.3. The molecule has 1 aliphatic carbocycles. The van der Waals surface area contributed by atoms with Gasteiger partial charge in [0.25, 0.3) is 0 Å². The van der Waals surface area contributed by atoms with Gasteiger partial charge in [-0.15, -0.1) is 0 Å². The van der Waals surface area contributed by atoms with Crippen LogP contribution in [-0.4, -0.2) is 32.3 Å². The lowest BCUT2D eigenvalue weighted by Gasteiger charge is -2.44. The molecule has 0 bridgehead atoms. The predicted molar refractivity (Wildman–Crippen MR) is 88.2 cm³/mol. The van der Waals surface area contributed by atoms with E-state index >= 15 is 0 Å². The van der Waals surface area contributed by atoms with E-state index < -0.39 is 0 Å². The number of piperazine rings is 1. The van der Waals surface area contributed by atoms with Crippen molar-refractivity contribution in [1.82, 2.24) is 5.32 Å². The van der Waals surface area contributed by atoms with Gasteiger partial charge in [-0.25, -0.2) is 0 Å². The van der Waals surface area contributed by atoms with Gasteiger partial charge in [-0.2, -0.15) is 0 Å². The highest BCUT2D eigenvalue weighted by molar-refractivity contribution is 5.59. The Morgan fingerprint density at radius 1 is 1.14 bits per heavy atom. The molecule has 2 fully saturated rings. The van der Waals surface area contributed by atoms with Crippen molar-refractivity contribution in [1.29, 1.82) is 0 Å². The van der Waals surface area contributed by atoms with Crippen molar-refractivity contribution in [2.75, 3.05) is 25.1 Å². The highest BCUT2D eigenvalue weighted by Crippen LogP contribution is 2.33. The molecule has 1 saturated heterocycles. The van der Waals surface area contributed by atoms with E-state index in [-0.39, 0.29) is 0 Å². The Bertz CT molecular complexity index is 456. The first kappa shape index (κ1) is 14.7. The molecule has 1 aromatic rings. The number of rotatable bonds is 3. The molecule has 0 radical (unpaired) electrons. The fourth-order valence-corrected chi connectivity index (χ4v) is 3.94. The van der Waals surface area contributed by atoms with E-state index in [1.54, 1.807) is 7.11 Å². The summed E-state index contributed by atoms with van der Waals surface area (Å²) >= 11 is 0. The summed E-state index contributed by atoms with van der Waals surface area (Å²) in [6.07, 6.45) is 7.04. The van der Waals surface area contributed by atoms with E-state index in [1.807, 2.05) is 6.07 Å². The number of nitrogens with zero attached hydrogens (tertiary/aromatic N) is 1. The van der Waals surface area contributed by atoms with Crippen LogP contribution in [0.15, 0.2) is 24.3 Å². The van der Waals surface area contributed by atoms with Crippen LogP contribution in [0.4, 0.5) is 5.69 Å². The second kappa shape index (κ2) is 6.69. The minimum atomic E-state index is 0.515. The lowest BCUT2D eigenvalue weighted by Crippen LogP contribution is -2.58. The van der Waals surface area contributed by atoms with Crippen LogP contribution in [0, 0.1) is 5.92 Å². The second-order valence-corrected chi connectivity index (χ2v) is 6.59. The quantitative estimate of drug-likeness (QED) is 0.922. The third-order valence-corrected chi connectivity index (χ3v) is 5.21. The molecule has 2 unspecified atom stereocenters. The maximum absolute atomic E-state index is 5.57. The van der Waals surface area contributed by atoms with Crippen molar-refractivity contribution in [2.45, 2.75) is 51.1 Å². The van der Waals surface area contributed by atoms with Gasteiger partial charge in [0.05, 0.1) is 12.8 Å². The molecule has 21 heavy (non-hydrogen) atoms. The molecule has 1 saturated carbocycles. The van der Waals surface area contributed by atoms with Gasteiger partial charge in [0.15, 0.2) is 0 Å². The Kier molecular flexibility index (Phi) is 4.69. The third kappa shape index (κ3) is 3.18. The molecular formula is C18H28N2O. The number of anilines is 1. The second-order valence-electron chi connectivity index (χ2n) is 6.59. The maximum atomic E-state index is 5.57. The van der Waals surface area contributed by atoms with Crippen LogP contribution in [0.25, 0.3) is 0 Å². The summed E-state index contributed by atoms with van der Waals surface area (Å²) < 4.78 is 5.57. The first-order valence-corrected chi connectivity index (χ1v) is 8.42. The van der Waals surface area contributed by atoms with Gasteiger partial charge in [-0.1, -0.05) is 31.4 Å². The Morgan fingerprint density at radius 2 is 1.90 bits per heavy atom. The van der Waals surface area contributed by atoms with E-state index in [1.165, 1.54) is 37.8 Å². The molecule has 3 nitrogen and oxygen atoms in total. The lowest BCUT2D eigenvalue weighted by molar-refractivity contribution is 0.244. The molecule has 1 heterocycles. The smallest absolute Gasteiger partial charge is 0.142 e. The first-order valence-electron chi connectivity index (χ1n) is 8.42. The molecule has 0 amide bonds. The minimum Gasteiger partial charge on any atom is -0.495 e. The molecule has 3 heteroatoms. The summed E-state index contributed by atoms with van der Waals surface area (Å²) in [5.74, 6) is 1.84. The van der Waals surface area contributed by atoms with Crippen LogP contribution in [0.3, 0.4) is 0 Å². The maximum Gasteiger partial charge on any atom is 0.142 e. The van der Waals surface area contributed by atoms with Gasteiger partial charge in [0.2, 0.25) is 0 Å². The third-order valence-electron chi connectivity index (χ3n) is 5.21. The average Bonchev–Trinajstić information content (AvgIpc) is 2.56. The minimum absolute atomic E-state index is 0.515. The number of nitrogens with one attached hydrogen (secondary N) is 1. The first-order chi connectivity index (χ1) is 10.3. The van der Waals surface area contributed by atoms with E-state index in [9.17, 15) is 0 Å². The molecule has 1 N–H and O–H groups in total. The van der Waals surface area contributed by atoms with Crippen LogP contribution >= 0.6 is 0 Å². The SMILES string of the molecule is COc1ccccc1N1CC(C2CCCCC2)NCC1C. The Labute approximate surface area is 128 Å². The van der Waals surface area contributed by atoms with Crippen molar-refractivity contribution in [3.05, 3.63) is 24.3 Å². The summed E-state index contributed by atoms with van der Waals surface area (Å²) in [6.45, 7) is 4.47. The standard InChI is InChI=1S/C18H28N2O/c1-14-12-19-16(15-8-4-3-5-9-15)13-20(14)17-10-6-7-11-18(17)21-2/h6-7,10-11,14-16,19H,3-5,8-9,12-13H2,1-2H3. The van der Waals surface area contributed by atoms with E-state index in [0.29, 0.717) is 12.1 Å². The van der Waals surface area contributed by atoms with Gasteiger partial charge in [-0.05, 0) is 37.8 Å². The number of hydrogen-bond acceptors (Lipinski definition) is 3. The molecule has 3 rings (SSSR count). The van der Waals surface area contributed by atoms with Gasteiger partial charge in [0.1, 0.15) is 5.75 Å². The normalized spacial score (nSPS) is 27.6. The van der Waals surface area contributed by atoms with E-state index in [0.717, 1.165) is 24.8 Å². The number of ether oxygens (including phenoxy) is 1. The summed E-state index contributed by atoms with van der Waals surface area (Å²) in [5.41, 5.74) is 1.25. The topological polar surface area (TPSA) is 24.5 Å². The number of para-hydroxylation sites is 2. The Morgan fingerprint density at radius 3 is 2.67 bits per heavy atom. The number of hydrogen-bond donors (Lipinski definition) is 1. The summed E-state index contributed by atoms with van der Waals surface area (Å²) in [7, 11) is 1.77. The van der Waals surface area contributed by atoms with Crippen LogP contribution in [0.5, 0.6) is 5.75 Å². The van der Waals surface area contributed by atoms with Gasteiger partial charge in [-0.3, -0.25) is 0 Å². The zero-order chi connectivity index (χ0) is 14.7. The Hall–Kier alpha value is -1.22. The number of benzene rings is 1. The average molecular weight is 288 g/mol. The molecule has 2 aliphatic rings. The molecule has 0 aromatic heterocycles. The van der Waals surface area contributed by atoms with Crippen LogP contribution < -0.4 is 15.0 Å². The van der Waals surface area contributed by atoms with Crippen molar-refractivity contribution in [2.24, 2.45) is 5.92 Å². The summed E-state index contributed by atoms with van der Waals surface area (Å²) in [4.78, 5) is 2.54. The fraction of sp³-hybridized carbons (Fsp3) is 0.667. The molecule has 1 aromatic carbocycles. The Balaban J connectivity index is 1.76. The van der Waals surface area contributed by atoms with E-state index in [4.69, 9.17) is 4.74 Å². The zero-order valence-electron chi connectivity index (χ0n) is 13.3. The molecule has 116 valence electrons. The summed E-state index contributed by atoms with van der Waals surface area (Å²) in [5, 5.41) is 3.79. The van der Waals surface area contributed by atoms with Gasteiger partial charge < -0.3 is 15.0 Å². The van der Waals surface area contributed by atoms with Gasteiger partial charge in [0, 0.05) is 25.2 Å². The van der Waals surface area contributed by atoms with Crippen LogP contribution in [0.1, 0.15) is 39.0 Å². The van der Waals surface area contributed by atoms with Crippen LogP contribution in [-0.2, 0) is 0 Å². The predicted octanol–water partition coefficient (Wildman–Crippen LogP) is 3.44. The highest BCUT2D eigenvalue weighted by atomic mass is 16.5. The molecule has 2 atom stereocenters. The largest absolute Gasteiger partial charge is 0.495 e.